The average Bonchev–Trinajstić information content (AvgIpc) is 3.04. The minimum atomic E-state index is -3.78. The Morgan fingerprint density at radius 2 is 2.25 bits per heavy atom. The summed E-state index contributed by atoms with van der Waals surface area (Å²) in [6.07, 6.45) is 1.56. The number of primary sulfonamides is 1. The summed E-state index contributed by atoms with van der Waals surface area (Å²) in [6, 6.07) is 5.09. The Hall–Kier alpha value is -2.04. The van der Waals surface area contributed by atoms with Crippen molar-refractivity contribution in [3.63, 3.8) is 0 Å². The molecule has 10 heteroatoms. The number of sulfonamides is 1. The van der Waals surface area contributed by atoms with E-state index >= 15 is 0 Å². The predicted octanol–water partition coefficient (Wildman–Crippen LogP) is 0.641. The van der Waals surface area contributed by atoms with Gasteiger partial charge in [0.25, 0.3) is 10.0 Å². The highest BCUT2D eigenvalue weighted by atomic mass is 32.2. The second-order valence-electron chi connectivity index (χ2n) is 3.90. The molecule has 0 bridgehead atoms. The van der Waals surface area contributed by atoms with Crippen LogP contribution in [0.3, 0.4) is 0 Å². The van der Waals surface area contributed by atoms with Crippen molar-refractivity contribution in [2.75, 3.05) is 0 Å². The maximum absolute atomic E-state index is 11.2. The number of H-pyrrole nitrogens is 1. The Bertz CT molecular complexity index is 841. The SMILES string of the molecule is NS(=O)(=O)c1nc2ccc(OCc3cn[nH]n3)cc2s1. The third kappa shape index (κ3) is 2.61. The van der Waals surface area contributed by atoms with Gasteiger partial charge in [0, 0.05) is 0 Å². The van der Waals surface area contributed by atoms with Crippen molar-refractivity contribution in [3.8, 4) is 5.75 Å². The van der Waals surface area contributed by atoms with Crippen molar-refractivity contribution >= 4 is 31.6 Å². The molecule has 0 saturated carbocycles. The van der Waals surface area contributed by atoms with Crippen LogP contribution < -0.4 is 9.88 Å². The van der Waals surface area contributed by atoms with E-state index in [0.717, 1.165) is 11.3 Å². The van der Waals surface area contributed by atoms with E-state index < -0.39 is 10.0 Å². The topological polar surface area (TPSA) is 124 Å². The standard InChI is InChI=1S/C10H9N5O3S2/c11-20(16,17)10-13-8-2-1-7(3-9(8)19-10)18-5-6-4-12-15-14-6/h1-4H,5H2,(H2,11,16,17)(H,12,14,15). The third-order valence-corrected chi connectivity index (χ3v) is 4.77. The van der Waals surface area contributed by atoms with Gasteiger partial charge < -0.3 is 4.74 Å². The fourth-order valence-electron chi connectivity index (χ4n) is 1.55. The molecule has 20 heavy (non-hydrogen) atoms. The lowest BCUT2D eigenvalue weighted by atomic mass is 10.3. The van der Waals surface area contributed by atoms with Gasteiger partial charge in [-0.15, -0.1) is 11.3 Å². The van der Waals surface area contributed by atoms with Gasteiger partial charge in [-0.2, -0.15) is 15.4 Å². The Morgan fingerprint density at radius 1 is 1.40 bits per heavy atom. The summed E-state index contributed by atoms with van der Waals surface area (Å²) >= 11 is 1.00. The van der Waals surface area contributed by atoms with E-state index in [2.05, 4.69) is 20.4 Å². The summed E-state index contributed by atoms with van der Waals surface area (Å²) in [4.78, 5) is 3.96. The van der Waals surface area contributed by atoms with Crippen LogP contribution in [0.25, 0.3) is 10.2 Å². The van der Waals surface area contributed by atoms with Gasteiger partial charge in [0.1, 0.15) is 18.1 Å². The van der Waals surface area contributed by atoms with Crippen LogP contribution in [0.5, 0.6) is 5.75 Å². The molecule has 3 N–H and O–H groups in total. The van der Waals surface area contributed by atoms with Crippen LogP contribution in [0.2, 0.25) is 0 Å². The molecule has 1 aromatic carbocycles. The average molecular weight is 311 g/mol. The van der Waals surface area contributed by atoms with Gasteiger partial charge >= 0.3 is 0 Å². The minimum Gasteiger partial charge on any atom is -0.487 e. The highest BCUT2D eigenvalue weighted by molar-refractivity contribution is 7.91. The molecule has 0 atom stereocenters. The molecular formula is C10H9N5O3S2. The molecule has 0 aliphatic rings. The molecule has 0 aliphatic heterocycles. The molecular weight excluding hydrogens is 302 g/mol. The van der Waals surface area contributed by atoms with E-state index in [1.54, 1.807) is 24.4 Å². The number of fused-ring (bicyclic) bond motifs is 1. The second-order valence-corrected chi connectivity index (χ2v) is 6.67. The van der Waals surface area contributed by atoms with E-state index in [9.17, 15) is 8.42 Å². The number of ether oxygens (including phenoxy) is 1. The van der Waals surface area contributed by atoms with Crippen molar-refractivity contribution in [1.29, 1.82) is 0 Å². The fraction of sp³-hybridized carbons (Fsp3) is 0.100. The molecule has 104 valence electrons. The van der Waals surface area contributed by atoms with Crippen LogP contribution in [-0.2, 0) is 16.6 Å². The number of hydrogen-bond acceptors (Lipinski definition) is 7. The third-order valence-electron chi connectivity index (χ3n) is 2.44. The molecule has 0 aliphatic carbocycles. The van der Waals surface area contributed by atoms with Gasteiger partial charge in [0.05, 0.1) is 16.4 Å². The van der Waals surface area contributed by atoms with E-state index in [-0.39, 0.29) is 10.9 Å². The molecule has 0 fully saturated rings. The first-order valence-corrected chi connectivity index (χ1v) is 7.79. The highest BCUT2D eigenvalue weighted by Crippen LogP contribution is 2.28. The smallest absolute Gasteiger partial charge is 0.265 e. The first kappa shape index (κ1) is 13.0. The van der Waals surface area contributed by atoms with E-state index in [1.165, 1.54) is 0 Å². The van der Waals surface area contributed by atoms with Gasteiger partial charge in [-0.1, -0.05) is 0 Å². The number of aromatic nitrogens is 4. The number of aromatic amines is 1. The summed E-state index contributed by atoms with van der Waals surface area (Å²) in [5, 5.41) is 15.1. The molecule has 2 aromatic heterocycles. The Morgan fingerprint density at radius 3 is 2.95 bits per heavy atom. The lowest BCUT2D eigenvalue weighted by molar-refractivity contribution is 0.301. The number of nitrogens with zero attached hydrogens (tertiary/aromatic N) is 3. The zero-order chi connectivity index (χ0) is 14.2. The van der Waals surface area contributed by atoms with Gasteiger partial charge in [0.2, 0.25) is 4.34 Å². The Balaban J connectivity index is 1.87. The van der Waals surface area contributed by atoms with Crippen LogP contribution in [0.1, 0.15) is 5.69 Å². The van der Waals surface area contributed by atoms with E-state index in [0.29, 0.717) is 21.7 Å². The first-order valence-electron chi connectivity index (χ1n) is 5.43. The van der Waals surface area contributed by atoms with Crippen LogP contribution in [-0.4, -0.2) is 28.8 Å². The summed E-state index contributed by atoms with van der Waals surface area (Å²) in [6.45, 7) is 0.267. The molecule has 0 unspecified atom stereocenters. The van der Waals surface area contributed by atoms with Crippen LogP contribution >= 0.6 is 11.3 Å². The summed E-state index contributed by atoms with van der Waals surface area (Å²) in [5.41, 5.74) is 1.23. The van der Waals surface area contributed by atoms with Crippen molar-refractivity contribution in [1.82, 2.24) is 20.4 Å². The van der Waals surface area contributed by atoms with E-state index in [4.69, 9.17) is 9.88 Å². The minimum absolute atomic E-state index is 0.110. The molecule has 8 nitrogen and oxygen atoms in total. The van der Waals surface area contributed by atoms with Crippen molar-refractivity contribution in [2.45, 2.75) is 10.9 Å². The van der Waals surface area contributed by atoms with Gasteiger partial charge in [-0.3, -0.25) is 0 Å². The Labute approximate surface area is 117 Å². The molecule has 2 heterocycles. The summed E-state index contributed by atoms with van der Waals surface area (Å²) < 4.78 is 28.6. The molecule has 0 saturated heterocycles. The van der Waals surface area contributed by atoms with Crippen LogP contribution in [0.4, 0.5) is 0 Å². The van der Waals surface area contributed by atoms with Crippen molar-refractivity contribution in [2.24, 2.45) is 5.14 Å². The molecule has 3 aromatic rings. The Kier molecular flexibility index (Phi) is 3.12. The zero-order valence-electron chi connectivity index (χ0n) is 9.98. The molecule has 3 rings (SSSR count). The largest absolute Gasteiger partial charge is 0.487 e. The van der Waals surface area contributed by atoms with E-state index in [1.807, 2.05) is 0 Å². The number of benzene rings is 1. The van der Waals surface area contributed by atoms with Gasteiger partial charge in [-0.05, 0) is 18.2 Å². The van der Waals surface area contributed by atoms with Crippen molar-refractivity contribution < 1.29 is 13.2 Å². The van der Waals surface area contributed by atoms with Gasteiger partial charge in [-0.25, -0.2) is 18.5 Å². The zero-order valence-corrected chi connectivity index (χ0v) is 11.6. The number of hydrogen-bond donors (Lipinski definition) is 2. The summed E-state index contributed by atoms with van der Waals surface area (Å²) in [7, 11) is -3.78. The number of nitrogens with two attached hydrogens (primary N) is 1. The lowest BCUT2D eigenvalue weighted by Gasteiger charge is -2.02. The fourth-order valence-corrected chi connectivity index (χ4v) is 3.23. The highest BCUT2D eigenvalue weighted by Gasteiger charge is 2.14. The predicted molar refractivity (Wildman–Crippen MR) is 71.7 cm³/mol. The lowest BCUT2D eigenvalue weighted by Crippen LogP contribution is -2.11. The number of nitrogens with one attached hydrogen (secondary N) is 1. The first-order chi connectivity index (χ1) is 9.52. The molecule has 0 spiro atoms. The maximum atomic E-state index is 11.2. The second kappa shape index (κ2) is 4.81. The molecule has 0 radical (unpaired) electrons. The molecule has 0 amide bonds. The summed E-state index contributed by atoms with van der Waals surface area (Å²) in [5.74, 6) is 0.588. The number of rotatable bonds is 4. The maximum Gasteiger partial charge on any atom is 0.265 e. The van der Waals surface area contributed by atoms with Crippen LogP contribution in [0, 0.1) is 0 Å². The van der Waals surface area contributed by atoms with Crippen molar-refractivity contribution in [3.05, 3.63) is 30.1 Å². The van der Waals surface area contributed by atoms with Crippen LogP contribution in [0.15, 0.2) is 28.7 Å². The monoisotopic (exact) mass is 311 g/mol. The van der Waals surface area contributed by atoms with Gasteiger partial charge in [0.15, 0.2) is 0 Å². The normalized spacial score (nSPS) is 11.8. The number of thiazole rings is 1. The quantitative estimate of drug-likeness (QED) is 0.728.